The number of alkyl halides is 6. The number of para-hydroxylation sites is 1. The number of halogens is 6. The summed E-state index contributed by atoms with van der Waals surface area (Å²) in [5, 5.41) is 0. The molecule has 2 rings (SSSR count). The second-order valence-corrected chi connectivity index (χ2v) is 3.67. The van der Waals surface area contributed by atoms with E-state index in [1.165, 1.54) is 24.3 Å². The molecule has 0 saturated carbocycles. The van der Waals surface area contributed by atoms with Crippen LogP contribution in [0.1, 0.15) is 5.56 Å². The zero-order valence-electron chi connectivity index (χ0n) is 8.64. The Morgan fingerprint density at radius 3 is 2.11 bits per heavy atom. The molecule has 1 nitrogen and oxygen atoms in total. The predicted molar refractivity (Wildman–Crippen MR) is 50.9 cm³/mol. The van der Waals surface area contributed by atoms with Gasteiger partial charge in [0.15, 0.2) is 0 Å². The molecule has 0 saturated heterocycles. The number of hydrogen-bond acceptors (Lipinski definition) is 1. The van der Waals surface area contributed by atoms with Gasteiger partial charge in [-0.25, -0.2) is 0 Å². The fourth-order valence-electron chi connectivity index (χ4n) is 1.61. The van der Waals surface area contributed by atoms with E-state index in [2.05, 4.69) is 4.74 Å². The van der Waals surface area contributed by atoms with E-state index in [9.17, 15) is 26.3 Å². The lowest BCUT2D eigenvalue weighted by atomic mass is 10.0. The van der Waals surface area contributed by atoms with Gasteiger partial charge in [0.05, 0.1) is 5.57 Å². The van der Waals surface area contributed by atoms with Crippen molar-refractivity contribution < 1.29 is 31.1 Å². The first kappa shape index (κ1) is 12.8. The Balaban J connectivity index is 2.53. The van der Waals surface area contributed by atoms with Gasteiger partial charge in [-0.2, -0.15) is 26.3 Å². The predicted octanol–water partition coefficient (Wildman–Crippen LogP) is 3.96. The lowest BCUT2D eigenvalue weighted by Crippen LogP contribution is -2.42. The number of ether oxygens (including phenoxy) is 1. The van der Waals surface area contributed by atoms with Crippen molar-refractivity contribution in [2.75, 3.05) is 0 Å². The quantitative estimate of drug-likeness (QED) is 0.647. The highest BCUT2D eigenvalue weighted by molar-refractivity contribution is 5.64. The fourth-order valence-corrected chi connectivity index (χ4v) is 1.61. The summed E-state index contributed by atoms with van der Waals surface area (Å²) in [5.41, 5.74) is -1.76. The molecule has 1 atom stereocenters. The van der Waals surface area contributed by atoms with Crippen molar-refractivity contribution >= 4 is 6.08 Å². The Morgan fingerprint density at radius 1 is 0.944 bits per heavy atom. The van der Waals surface area contributed by atoms with Gasteiger partial charge in [0, 0.05) is 5.56 Å². The van der Waals surface area contributed by atoms with Crippen molar-refractivity contribution in [3.8, 4) is 5.75 Å². The van der Waals surface area contributed by atoms with E-state index in [0.717, 1.165) is 0 Å². The molecule has 1 aliphatic heterocycles. The normalized spacial score (nSPS) is 19.9. The molecular weight excluding hydrogens is 262 g/mol. The molecule has 1 aromatic rings. The highest BCUT2D eigenvalue weighted by atomic mass is 19.4. The molecule has 98 valence electrons. The van der Waals surface area contributed by atoms with E-state index in [4.69, 9.17) is 0 Å². The van der Waals surface area contributed by atoms with Crippen molar-refractivity contribution in [2.45, 2.75) is 18.5 Å². The van der Waals surface area contributed by atoms with Crippen LogP contribution in [0.5, 0.6) is 5.75 Å². The molecule has 1 aliphatic rings. The van der Waals surface area contributed by atoms with Gasteiger partial charge in [0.2, 0.25) is 6.10 Å². The summed E-state index contributed by atoms with van der Waals surface area (Å²) in [6.45, 7) is 0. The summed E-state index contributed by atoms with van der Waals surface area (Å²) >= 11 is 0. The summed E-state index contributed by atoms with van der Waals surface area (Å²) < 4.78 is 79.8. The molecule has 0 fully saturated rings. The summed E-state index contributed by atoms with van der Waals surface area (Å²) in [6.07, 6.45) is -12.7. The van der Waals surface area contributed by atoms with Gasteiger partial charge in [0.25, 0.3) is 0 Å². The zero-order chi connectivity index (χ0) is 13.6. The van der Waals surface area contributed by atoms with Crippen molar-refractivity contribution in [1.82, 2.24) is 0 Å². The third-order valence-corrected chi connectivity index (χ3v) is 2.38. The molecule has 1 heterocycles. The van der Waals surface area contributed by atoms with Crippen LogP contribution < -0.4 is 4.74 Å². The van der Waals surface area contributed by atoms with Gasteiger partial charge in [-0.1, -0.05) is 18.2 Å². The third-order valence-electron chi connectivity index (χ3n) is 2.38. The Kier molecular flexibility index (Phi) is 2.79. The molecule has 0 bridgehead atoms. The monoisotopic (exact) mass is 268 g/mol. The highest BCUT2D eigenvalue weighted by Gasteiger charge is 2.54. The van der Waals surface area contributed by atoms with Crippen LogP contribution in [0.4, 0.5) is 26.3 Å². The van der Waals surface area contributed by atoms with E-state index < -0.39 is 24.0 Å². The van der Waals surface area contributed by atoms with E-state index in [0.29, 0.717) is 6.08 Å². The molecule has 18 heavy (non-hydrogen) atoms. The molecule has 7 heteroatoms. The van der Waals surface area contributed by atoms with E-state index in [-0.39, 0.29) is 11.3 Å². The first-order valence-corrected chi connectivity index (χ1v) is 4.81. The number of fused-ring (bicyclic) bond motifs is 1. The van der Waals surface area contributed by atoms with Crippen LogP contribution in [-0.4, -0.2) is 18.5 Å². The molecule has 1 unspecified atom stereocenters. The largest absolute Gasteiger partial charge is 0.476 e. The van der Waals surface area contributed by atoms with Crippen LogP contribution in [-0.2, 0) is 0 Å². The highest BCUT2D eigenvalue weighted by Crippen LogP contribution is 2.43. The van der Waals surface area contributed by atoms with Crippen LogP contribution in [0.3, 0.4) is 0 Å². The van der Waals surface area contributed by atoms with Gasteiger partial charge in [-0.15, -0.1) is 0 Å². The second-order valence-electron chi connectivity index (χ2n) is 3.67. The van der Waals surface area contributed by atoms with E-state index in [1.807, 2.05) is 0 Å². The summed E-state index contributed by atoms with van der Waals surface area (Å²) in [6, 6.07) is 5.25. The Bertz CT molecular complexity index is 485. The maximum atomic E-state index is 12.6. The van der Waals surface area contributed by atoms with Crippen molar-refractivity contribution in [3.63, 3.8) is 0 Å². The van der Waals surface area contributed by atoms with Gasteiger partial charge in [-0.05, 0) is 12.1 Å². The smallest absolute Gasteiger partial charge is 0.429 e. The molecule has 0 aliphatic carbocycles. The molecule has 0 amide bonds. The number of benzene rings is 1. The minimum atomic E-state index is -5.12. The molecule has 1 aromatic carbocycles. The number of rotatable bonds is 0. The average Bonchev–Trinajstić information content (AvgIpc) is 2.25. The SMILES string of the molecule is FC(F)(F)C1=Cc2ccccc2OC1C(F)(F)F. The molecule has 0 spiro atoms. The van der Waals surface area contributed by atoms with E-state index in [1.54, 1.807) is 0 Å². The molecule has 0 radical (unpaired) electrons. The Morgan fingerprint density at radius 2 is 1.56 bits per heavy atom. The van der Waals surface area contributed by atoms with Crippen LogP contribution in [0, 0.1) is 0 Å². The lowest BCUT2D eigenvalue weighted by molar-refractivity contribution is -0.203. The zero-order valence-corrected chi connectivity index (χ0v) is 8.64. The van der Waals surface area contributed by atoms with Gasteiger partial charge in [-0.3, -0.25) is 0 Å². The topological polar surface area (TPSA) is 9.23 Å². The van der Waals surface area contributed by atoms with Gasteiger partial charge in [0.1, 0.15) is 5.75 Å². The van der Waals surface area contributed by atoms with Crippen molar-refractivity contribution in [2.24, 2.45) is 0 Å². The molecule has 0 aromatic heterocycles. The minimum Gasteiger partial charge on any atom is -0.476 e. The summed E-state index contributed by atoms with van der Waals surface area (Å²) in [4.78, 5) is 0. The van der Waals surface area contributed by atoms with E-state index >= 15 is 0 Å². The minimum absolute atomic E-state index is 0.0228. The first-order chi connectivity index (χ1) is 8.19. The Labute approximate surface area is 97.7 Å². The van der Waals surface area contributed by atoms with Crippen molar-refractivity contribution in [1.29, 1.82) is 0 Å². The van der Waals surface area contributed by atoms with Crippen LogP contribution in [0.2, 0.25) is 0 Å². The van der Waals surface area contributed by atoms with Gasteiger partial charge < -0.3 is 4.74 Å². The summed E-state index contributed by atoms with van der Waals surface area (Å²) in [5.74, 6) is -0.215. The molecule has 0 N–H and O–H groups in total. The Hall–Kier alpha value is -1.66. The van der Waals surface area contributed by atoms with Crippen LogP contribution in [0.15, 0.2) is 29.8 Å². The maximum absolute atomic E-state index is 12.6. The third kappa shape index (κ3) is 2.30. The first-order valence-electron chi connectivity index (χ1n) is 4.81. The maximum Gasteiger partial charge on any atom is 0.429 e. The standard InChI is InChI=1S/C11H6F6O/c12-10(13,14)7-5-6-3-1-2-4-8(6)18-9(7)11(15,16)17/h1-5,9H. The average molecular weight is 268 g/mol. The van der Waals surface area contributed by atoms with Crippen LogP contribution >= 0.6 is 0 Å². The fraction of sp³-hybridized carbons (Fsp3) is 0.273. The van der Waals surface area contributed by atoms with Crippen molar-refractivity contribution in [3.05, 3.63) is 35.4 Å². The van der Waals surface area contributed by atoms with Gasteiger partial charge >= 0.3 is 12.4 Å². The molecular formula is C11H6F6O. The second kappa shape index (κ2) is 3.93. The summed E-state index contributed by atoms with van der Waals surface area (Å²) in [7, 11) is 0. The lowest BCUT2D eigenvalue weighted by Gasteiger charge is -2.29. The number of hydrogen-bond donors (Lipinski definition) is 0. The van der Waals surface area contributed by atoms with Crippen LogP contribution in [0.25, 0.3) is 6.08 Å².